The Morgan fingerprint density at radius 3 is 1.44 bits per heavy atom. The van der Waals surface area contributed by atoms with Gasteiger partial charge in [0, 0.05) is 12.8 Å². The number of nitrogens with zero attached hydrogens (tertiary/aromatic N) is 1. The van der Waals surface area contributed by atoms with Crippen molar-refractivity contribution in [3.63, 3.8) is 0 Å². The van der Waals surface area contributed by atoms with Crippen LogP contribution in [0.25, 0.3) is 0 Å². The normalized spacial score (nSPS) is 13.8. The second kappa shape index (κ2) is 37.1. The maximum Gasteiger partial charge on any atom is 0.472 e. The first-order valence-electron chi connectivity index (χ1n) is 22.1. The van der Waals surface area contributed by atoms with E-state index in [4.69, 9.17) is 18.5 Å². The first kappa shape index (κ1) is 52.5. The van der Waals surface area contributed by atoms with Crippen molar-refractivity contribution in [2.45, 2.75) is 200 Å². The quantitative estimate of drug-likeness (QED) is 0.0215. The van der Waals surface area contributed by atoms with E-state index in [1.165, 1.54) is 109 Å². The van der Waals surface area contributed by atoms with Crippen LogP contribution >= 0.6 is 7.82 Å². The summed E-state index contributed by atoms with van der Waals surface area (Å²) in [7, 11) is 1.46. The van der Waals surface area contributed by atoms with Gasteiger partial charge in [0.25, 0.3) is 0 Å². The lowest BCUT2D eigenvalue weighted by Crippen LogP contribution is -2.37. The highest BCUT2D eigenvalue weighted by molar-refractivity contribution is 7.47. The molecule has 0 aliphatic heterocycles. The second-order valence-electron chi connectivity index (χ2n) is 16.1. The Morgan fingerprint density at radius 1 is 0.556 bits per heavy atom. The van der Waals surface area contributed by atoms with Gasteiger partial charge in [-0.05, 0) is 51.4 Å². The number of allylic oxidation sites excluding steroid dienone is 4. The molecule has 0 saturated carbocycles. The van der Waals surface area contributed by atoms with Crippen LogP contribution < -0.4 is 0 Å². The number of hydrogen-bond donors (Lipinski definition) is 1. The van der Waals surface area contributed by atoms with Crippen molar-refractivity contribution >= 4 is 19.8 Å². The number of esters is 2. The van der Waals surface area contributed by atoms with Gasteiger partial charge in [0.15, 0.2) is 6.10 Å². The lowest BCUT2D eigenvalue weighted by molar-refractivity contribution is -0.870. The summed E-state index contributed by atoms with van der Waals surface area (Å²) in [6.07, 6.45) is 39.5. The summed E-state index contributed by atoms with van der Waals surface area (Å²) in [5.41, 5.74) is 0. The molecule has 0 saturated heterocycles. The third-order valence-electron chi connectivity index (χ3n) is 9.47. The summed E-state index contributed by atoms with van der Waals surface area (Å²) in [5, 5.41) is 0. The molecule has 1 N–H and O–H groups in total. The average molecular weight is 787 g/mol. The maximum absolute atomic E-state index is 12.6. The summed E-state index contributed by atoms with van der Waals surface area (Å²) in [6.45, 7) is 4.37. The summed E-state index contributed by atoms with van der Waals surface area (Å²) < 4.78 is 34.2. The summed E-state index contributed by atoms with van der Waals surface area (Å²) >= 11 is 0. The second-order valence-corrected chi connectivity index (χ2v) is 17.5. The Hall–Kier alpha value is -1.51. The number of unbranched alkanes of at least 4 members (excludes halogenated alkanes) is 22. The van der Waals surface area contributed by atoms with Crippen LogP contribution in [0.5, 0.6) is 0 Å². The average Bonchev–Trinajstić information content (AvgIpc) is 3.12. The zero-order valence-electron chi connectivity index (χ0n) is 35.7. The zero-order chi connectivity index (χ0) is 40.0. The minimum Gasteiger partial charge on any atom is -0.462 e. The first-order valence-corrected chi connectivity index (χ1v) is 23.6. The molecule has 0 aromatic rings. The van der Waals surface area contributed by atoms with E-state index in [1.807, 2.05) is 27.2 Å². The third-order valence-corrected chi connectivity index (χ3v) is 10.5. The van der Waals surface area contributed by atoms with Crippen LogP contribution in [0.2, 0.25) is 0 Å². The molecule has 0 heterocycles. The molecule has 0 aliphatic carbocycles. The molecule has 0 aliphatic rings. The molecule has 54 heavy (non-hydrogen) atoms. The molecular weight excluding hydrogens is 701 g/mol. The van der Waals surface area contributed by atoms with E-state index < -0.39 is 26.5 Å². The van der Waals surface area contributed by atoms with Crippen LogP contribution in [0.4, 0.5) is 0 Å². The minimum atomic E-state index is -4.38. The molecule has 0 amide bonds. The first-order chi connectivity index (χ1) is 26.0. The Balaban J connectivity index is 4.40. The van der Waals surface area contributed by atoms with Crippen LogP contribution in [0.3, 0.4) is 0 Å². The number of likely N-dealkylation sites (N-methyl/N-ethyl adjacent to an activating group) is 1. The van der Waals surface area contributed by atoms with E-state index in [0.29, 0.717) is 17.4 Å². The van der Waals surface area contributed by atoms with Gasteiger partial charge in [0.1, 0.15) is 19.8 Å². The van der Waals surface area contributed by atoms with Crippen LogP contribution in [0.15, 0.2) is 24.3 Å². The van der Waals surface area contributed by atoms with Gasteiger partial charge in [-0.1, -0.05) is 154 Å². The fourth-order valence-electron chi connectivity index (χ4n) is 5.97. The Labute approximate surface area is 332 Å². The highest BCUT2D eigenvalue weighted by Gasteiger charge is 2.27. The van der Waals surface area contributed by atoms with Crippen molar-refractivity contribution < 1.29 is 42.1 Å². The number of carbonyl (C=O) groups excluding carboxylic acids is 2. The summed E-state index contributed by atoms with van der Waals surface area (Å²) in [4.78, 5) is 35.3. The van der Waals surface area contributed by atoms with Gasteiger partial charge in [-0.25, -0.2) is 4.57 Å². The van der Waals surface area contributed by atoms with E-state index >= 15 is 0 Å². The highest BCUT2D eigenvalue weighted by atomic mass is 31.2. The molecule has 0 rings (SSSR count). The van der Waals surface area contributed by atoms with Crippen LogP contribution in [0, 0.1) is 0 Å². The van der Waals surface area contributed by atoms with Gasteiger partial charge in [0.05, 0.1) is 27.7 Å². The predicted molar refractivity (Wildman–Crippen MR) is 224 cm³/mol. The van der Waals surface area contributed by atoms with Crippen molar-refractivity contribution in [2.75, 3.05) is 47.5 Å². The van der Waals surface area contributed by atoms with Gasteiger partial charge < -0.3 is 18.9 Å². The molecule has 0 aromatic heterocycles. The molecule has 0 radical (unpaired) electrons. The molecule has 1 unspecified atom stereocenters. The van der Waals surface area contributed by atoms with Gasteiger partial charge in [-0.15, -0.1) is 0 Å². The number of quaternary nitrogens is 1. The van der Waals surface area contributed by atoms with Crippen LogP contribution in [-0.4, -0.2) is 74.9 Å². The lowest BCUT2D eigenvalue weighted by Gasteiger charge is -2.24. The maximum atomic E-state index is 12.6. The van der Waals surface area contributed by atoms with Gasteiger partial charge in [-0.3, -0.25) is 18.6 Å². The number of phosphoric acid groups is 1. The SMILES string of the molecule is CCCCCCCC/C=C/CCCCCCCC(=O)OC[C@H](COP(=O)(O)OCC[N+](C)(C)C)OC(=O)CC/C=C/CCCCCCCCCCCCC. The van der Waals surface area contributed by atoms with E-state index in [2.05, 4.69) is 32.1 Å². The van der Waals surface area contributed by atoms with Crippen molar-refractivity contribution in [2.24, 2.45) is 0 Å². The summed E-state index contributed by atoms with van der Waals surface area (Å²) in [6, 6.07) is 0. The fourth-order valence-corrected chi connectivity index (χ4v) is 6.71. The number of ether oxygens (including phenoxy) is 2. The van der Waals surface area contributed by atoms with E-state index in [9.17, 15) is 19.0 Å². The van der Waals surface area contributed by atoms with Gasteiger partial charge in [0.2, 0.25) is 0 Å². The molecule has 0 bridgehead atoms. The largest absolute Gasteiger partial charge is 0.472 e. The minimum absolute atomic E-state index is 0.0260. The van der Waals surface area contributed by atoms with E-state index in [-0.39, 0.29) is 32.0 Å². The van der Waals surface area contributed by atoms with Crippen molar-refractivity contribution in [1.29, 1.82) is 0 Å². The predicted octanol–water partition coefficient (Wildman–Crippen LogP) is 12.4. The molecular formula is C44H85NO8P+. The Morgan fingerprint density at radius 2 is 0.981 bits per heavy atom. The van der Waals surface area contributed by atoms with Crippen molar-refractivity contribution in [1.82, 2.24) is 0 Å². The van der Waals surface area contributed by atoms with E-state index in [0.717, 1.165) is 51.4 Å². The van der Waals surface area contributed by atoms with Crippen molar-refractivity contribution in [3.05, 3.63) is 24.3 Å². The van der Waals surface area contributed by atoms with Gasteiger partial charge in [-0.2, -0.15) is 0 Å². The smallest absolute Gasteiger partial charge is 0.462 e. The number of hydrogen-bond acceptors (Lipinski definition) is 7. The molecule has 0 fully saturated rings. The Bertz CT molecular complexity index is 980. The topological polar surface area (TPSA) is 108 Å². The molecule has 0 aromatic carbocycles. The monoisotopic (exact) mass is 787 g/mol. The standard InChI is InChI=1S/C44H84NO8P/c1-6-8-10-12-14-16-18-20-22-24-26-28-30-32-34-36-43(46)50-40-42(41-52-54(48,49)51-39-38-45(3,4)5)53-44(47)37-35-33-31-29-27-25-23-21-19-17-15-13-11-9-7-2/h20,22,31,33,42H,6-19,21,23-30,32,34-41H2,1-5H3/p+1/b22-20+,33-31+/t42-/m1/s1. The summed E-state index contributed by atoms with van der Waals surface area (Å²) in [5.74, 6) is -0.861. The molecule has 9 nitrogen and oxygen atoms in total. The number of carbonyl (C=O) groups is 2. The van der Waals surface area contributed by atoms with Crippen LogP contribution in [0.1, 0.15) is 194 Å². The molecule has 2 atom stereocenters. The highest BCUT2D eigenvalue weighted by Crippen LogP contribution is 2.43. The zero-order valence-corrected chi connectivity index (χ0v) is 36.6. The van der Waals surface area contributed by atoms with Gasteiger partial charge >= 0.3 is 19.8 Å². The van der Waals surface area contributed by atoms with E-state index in [1.54, 1.807) is 0 Å². The van der Waals surface area contributed by atoms with Crippen molar-refractivity contribution in [3.8, 4) is 0 Å². The third kappa shape index (κ3) is 40.2. The lowest BCUT2D eigenvalue weighted by atomic mass is 10.1. The number of rotatable bonds is 40. The molecule has 0 spiro atoms. The van der Waals surface area contributed by atoms with Crippen LogP contribution in [-0.2, 0) is 32.7 Å². The number of phosphoric ester groups is 1. The fraction of sp³-hybridized carbons (Fsp3) is 0.864. The Kier molecular flexibility index (Phi) is 36.1. The molecule has 318 valence electrons. The molecule has 10 heteroatoms.